The zero-order valence-corrected chi connectivity index (χ0v) is 11.5. The van der Waals surface area contributed by atoms with Crippen LogP contribution in [0.25, 0.3) is 0 Å². The van der Waals surface area contributed by atoms with Crippen LogP contribution < -0.4 is 5.73 Å². The van der Waals surface area contributed by atoms with Gasteiger partial charge < -0.3 is 10.5 Å². The summed E-state index contributed by atoms with van der Waals surface area (Å²) >= 11 is 3.36. The van der Waals surface area contributed by atoms with Gasteiger partial charge in [-0.2, -0.15) is 5.10 Å². The molecule has 0 saturated carbocycles. The Hall–Kier alpha value is -0.720. The van der Waals surface area contributed by atoms with Crippen LogP contribution >= 0.6 is 15.9 Å². The molecule has 1 aromatic heterocycles. The fourth-order valence-corrected chi connectivity index (χ4v) is 2.39. The van der Waals surface area contributed by atoms with Gasteiger partial charge in [0, 0.05) is 12.6 Å². The lowest BCUT2D eigenvalue weighted by Crippen LogP contribution is -2.49. The van der Waals surface area contributed by atoms with E-state index in [2.05, 4.69) is 21.0 Å². The smallest absolute Gasteiger partial charge is 0.204 e. The summed E-state index contributed by atoms with van der Waals surface area (Å²) in [5.74, 6) is -0.104. The molecule has 94 valence electrons. The molecule has 0 amide bonds. The molecule has 1 atom stereocenters. The van der Waals surface area contributed by atoms with E-state index in [0.717, 1.165) is 0 Å². The molecule has 5 nitrogen and oxygen atoms in total. The quantitative estimate of drug-likeness (QED) is 0.860. The highest BCUT2D eigenvalue weighted by Gasteiger charge is 2.41. The summed E-state index contributed by atoms with van der Waals surface area (Å²) < 4.78 is 7.61. The molecule has 0 aromatic carbocycles. The van der Waals surface area contributed by atoms with Gasteiger partial charge in [-0.05, 0) is 36.2 Å². The second-order valence-electron chi connectivity index (χ2n) is 4.67. The highest BCUT2D eigenvalue weighted by molar-refractivity contribution is 9.10. The number of nitrogens with zero attached hydrogens (tertiary/aromatic N) is 2. The molecule has 0 aliphatic carbocycles. The molecule has 1 unspecified atom stereocenters. The molecular weight excluding hydrogens is 286 g/mol. The van der Waals surface area contributed by atoms with Crippen LogP contribution in [0.15, 0.2) is 10.7 Å². The monoisotopic (exact) mass is 301 g/mol. The minimum atomic E-state index is -0.908. The third kappa shape index (κ3) is 2.17. The maximum absolute atomic E-state index is 12.5. The van der Waals surface area contributed by atoms with Gasteiger partial charge in [0.25, 0.3) is 0 Å². The number of aromatic nitrogens is 2. The van der Waals surface area contributed by atoms with E-state index in [4.69, 9.17) is 10.5 Å². The van der Waals surface area contributed by atoms with Crippen LogP contribution in [0.3, 0.4) is 0 Å². The van der Waals surface area contributed by atoms with E-state index in [0.29, 0.717) is 23.2 Å². The van der Waals surface area contributed by atoms with Crippen LogP contribution in [-0.2, 0) is 4.74 Å². The van der Waals surface area contributed by atoms with E-state index in [1.54, 1.807) is 10.9 Å². The number of halogens is 1. The number of ether oxygens (including phenoxy) is 1. The summed E-state index contributed by atoms with van der Waals surface area (Å²) in [6, 6.07) is 0.117. The Kier molecular flexibility index (Phi) is 3.38. The van der Waals surface area contributed by atoms with Crippen LogP contribution in [0.1, 0.15) is 36.8 Å². The molecule has 0 radical (unpaired) electrons. The Balaban J connectivity index is 2.39. The van der Waals surface area contributed by atoms with Crippen molar-refractivity contribution in [2.75, 3.05) is 13.2 Å². The van der Waals surface area contributed by atoms with Crippen molar-refractivity contribution in [3.8, 4) is 0 Å². The van der Waals surface area contributed by atoms with E-state index < -0.39 is 5.54 Å². The average molecular weight is 302 g/mol. The van der Waals surface area contributed by atoms with Crippen molar-refractivity contribution < 1.29 is 9.53 Å². The topological polar surface area (TPSA) is 70.1 Å². The largest absolute Gasteiger partial charge is 0.379 e. The molecule has 2 rings (SSSR count). The van der Waals surface area contributed by atoms with Gasteiger partial charge in [0.05, 0.1) is 17.3 Å². The highest BCUT2D eigenvalue weighted by atomic mass is 79.9. The number of carbonyl (C=O) groups excluding carboxylic acids is 1. The maximum atomic E-state index is 12.5. The lowest BCUT2D eigenvalue weighted by atomic mass is 9.92. The SMILES string of the molecule is CC(C)n1ncc(Br)c1C(=O)C1(N)CCOC1. The minimum absolute atomic E-state index is 0.104. The van der Waals surface area contributed by atoms with E-state index in [-0.39, 0.29) is 18.4 Å². The first-order chi connectivity index (χ1) is 7.96. The van der Waals surface area contributed by atoms with Gasteiger partial charge in [-0.1, -0.05) is 0 Å². The van der Waals surface area contributed by atoms with E-state index >= 15 is 0 Å². The average Bonchev–Trinajstić information content (AvgIpc) is 2.85. The van der Waals surface area contributed by atoms with E-state index in [1.165, 1.54) is 0 Å². The van der Waals surface area contributed by atoms with Gasteiger partial charge in [-0.25, -0.2) is 0 Å². The summed E-state index contributed by atoms with van der Waals surface area (Å²) in [6.45, 7) is 4.77. The Morgan fingerprint density at radius 3 is 2.94 bits per heavy atom. The first-order valence-corrected chi connectivity index (χ1v) is 6.39. The summed E-state index contributed by atoms with van der Waals surface area (Å²) in [5, 5.41) is 4.19. The number of Topliss-reactive ketones (excluding diaryl/α,β-unsaturated/α-hetero) is 1. The fourth-order valence-electron chi connectivity index (χ4n) is 1.94. The Labute approximate surface area is 108 Å². The third-order valence-corrected chi connectivity index (χ3v) is 3.54. The van der Waals surface area contributed by atoms with E-state index in [1.807, 2.05) is 13.8 Å². The number of hydrogen-bond acceptors (Lipinski definition) is 4. The van der Waals surface area contributed by atoms with Crippen molar-refractivity contribution in [3.05, 3.63) is 16.4 Å². The normalized spacial score (nSPS) is 24.5. The molecule has 2 heterocycles. The standard InChI is InChI=1S/C11H16BrN3O2/c1-7(2)15-9(8(12)5-14-15)10(16)11(13)3-4-17-6-11/h5,7H,3-4,6,13H2,1-2H3. The van der Waals surface area contributed by atoms with Crippen molar-refractivity contribution in [2.45, 2.75) is 31.8 Å². The molecule has 0 spiro atoms. The summed E-state index contributed by atoms with van der Waals surface area (Å²) in [5.41, 5.74) is 5.72. The second kappa shape index (κ2) is 4.51. The maximum Gasteiger partial charge on any atom is 0.204 e. The number of hydrogen-bond donors (Lipinski definition) is 1. The number of rotatable bonds is 3. The molecule has 17 heavy (non-hydrogen) atoms. The Bertz CT molecular complexity index is 436. The van der Waals surface area contributed by atoms with Crippen LogP contribution in [0.4, 0.5) is 0 Å². The van der Waals surface area contributed by atoms with Gasteiger partial charge >= 0.3 is 0 Å². The first kappa shape index (κ1) is 12.7. The van der Waals surface area contributed by atoms with Crippen molar-refractivity contribution in [2.24, 2.45) is 5.73 Å². The van der Waals surface area contributed by atoms with Gasteiger partial charge in [-0.15, -0.1) is 0 Å². The summed E-state index contributed by atoms with van der Waals surface area (Å²) in [6.07, 6.45) is 2.19. The molecule has 1 saturated heterocycles. The van der Waals surface area contributed by atoms with Gasteiger partial charge in [0.2, 0.25) is 5.78 Å². The van der Waals surface area contributed by atoms with Gasteiger partial charge in [-0.3, -0.25) is 9.48 Å². The molecule has 1 aliphatic heterocycles. The van der Waals surface area contributed by atoms with Crippen molar-refractivity contribution in [1.29, 1.82) is 0 Å². The molecule has 1 fully saturated rings. The molecule has 1 aliphatic rings. The zero-order valence-electron chi connectivity index (χ0n) is 9.94. The van der Waals surface area contributed by atoms with E-state index in [9.17, 15) is 4.79 Å². The van der Waals surface area contributed by atoms with Gasteiger partial charge in [0.15, 0.2) is 0 Å². The zero-order chi connectivity index (χ0) is 12.6. The second-order valence-corrected chi connectivity index (χ2v) is 5.52. The Morgan fingerprint density at radius 1 is 1.71 bits per heavy atom. The van der Waals surface area contributed by atoms with Crippen molar-refractivity contribution in [1.82, 2.24) is 9.78 Å². The van der Waals surface area contributed by atoms with Crippen molar-refractivity contribution >= 4 is 21.7 Å². The van der Waals surface area contributed by atoms with Crippen LogP contribution in [-0.4, -0.2) is 34.3 Å². The molecule has 0 bridgehead atoms. The number of carbonyl (C=O) groups is 1. The number of ketones is 1. The third-order valence-electron chi connectivity index (χ3n) is 2.96. The van der Waals surface area contributed by atoms with Crippen LogP contribution in [0.5, 0.6) is 0 Å². The molecular formula is C11H16BrN3O2. The minimum Gasteiger partial charge on any atom is -0.379 e. The van der Waals surface area contributed by atoms with Crippen LogP contribution in [0, 0.1) is 0 Å². The molecule has 2 N–H and O–H groups in total. The predicted octanol–water partition coefficient (Wildman–Crippen LogP) is 1.53. The lowest BCUT2D eigenvalue weighted by molar-refractivity contribution is 0.0849. The summed E-state index contributed by atoms with van der Waals surface area (Å²) in [4.78, 5) is 12.5. The summed E-state index contributed by atoms with van der Waals surface area (Å²) in [7, 11) is 0. The first-order valence-electron chi connectivity index (χ1n) is 5.60. The van der Waals surface area contributed by atoms with Crippen LogP contribution in [0.2, 0.25) is 0 Å². The van der Waals surface area contributed by atoms with Gasteiger partial charge in [0.1, 0.15) is 11.2 Å². The predicted molar refractivity (Wildman–Crippen MR) is 67.0 cm³/mol. The Morgan fingerprint density at radius 2 is 2.41 bits per heavy atom. The fraction of sp³-hybridized carbons (Fsp3) is 0.636. The lowest BCUT2D eigenvalue weighted by Gasteiger charge is -2.21. The molecule has 1 aromatic rings. The molecule has 6 heteroatoms. The van der Waals surface area contributed by atoms with Crippen molar-refractivity contribution in [3.63, 3.8) is 0 Å². The number of nitrogens with two attached hydrogens (primary N) is 1. The highest BCUT2D eigenvalue weighted by Crippen LogP contribution is 2.27.